The fourth-order valence-electron chi connectivity index (χ4n) is 1.28. The Balaban J connectivity index is 0.000000561. The van der Waals surface area contributed by atoms with Crippen molar-refractivity contribution in [3.05, 3.63) is 24.0 Å². The molecular weight excluding hydrogens is 148 g/mol. The van der Waals surface area contributed by atoms with Crippen molar-refractivity contribution in [3.8, 4) is 0 Å². The predicted octanol–water partition coefficient (Wildman–Crippen LogP) is 3.83. The van der Waals surface area contributed by atoms with Crippen molar-refractivity contribution in [2.75, 3.05) is 0 Å². The molecule has 0 radical (unpaired) electrons. The number of hydrogen-bond acceptors (Lipinski definition) is 1. The number of allylic oxidation sites excluding steroid dienone is 4. The minimum absolute atomic E-state index is 0.398. The first kappa shape index (κ1) is 11.3. The third-order valence-corrected chi connectivity index (χ3v) is 1.88. The van der Waals surface area contributed by atoms with Gasteiger partial charge in [-0.15, -0.1) is 0 Å². The lowest BCUT2D eigenvalue weighted by atomic mass is 9.94. The summed E-state index contributed by atoms with van der Waals surface area (Å²) in [7, 11) is 0. The average Bonchev–Trinajstić information content (AvgIpc) is 2.13. The molecule has 1 heteroatoms. The van der Waals surface area contributed by atoms with Crippen LogP contribution in [-0.2, 0) is 0 Å². The summed E-state index contributed by atoms with van der Waals surface area (Å²) in [6.07, 6.45) is 9.09. The van der Waals surface area contributed by atoms with Gasteiger partial charge in [0.2, 0.25) is 0 Å². The highest BCUT2D eigenvalue weighted by Crippen LogP contribution is 2.22. The second-order valence-electron chi connectivity index (χ2n) is 2.74. The van der Waals surface area contributed by atoms with Crippen LogP contribution < -0.4 is 0 Å². The van der Waals surface area contributed by atoms with Crippen LogP contribution >= 0.6 is 0 Å². The van der Waals surface area contributed by atoms with Gasteiger partial charge in [-0.1, -0.05) is 39.3 Å². The Kier molecular flexibility index (Phi) is 6.54. The van der Waals surface area contributed by atoms with Gasteiger partial charge >= 0.3 is 0 Å². The molecule has 1 N–H and O–H groups in total. The smallest absolute Gasteiger partial charge is 0.0956 e. The standard InChI is InChI=1S/C9H14O.C2H6/c1-2-5-8-6-3-4-7-9(8)10;1-2/h3-4,7-8,10H,2,5-6H2,1H3;1-2H3/t8-;/m1./s1. The molecule has 1 aliphatic carbocycles. The lowest BCUT2D eigenvalue weighted by molar-refractivity contribution is 0.315. The molecule has 70 valence electrons. The van der Waals surface area contributed by atoms with Gasteiger partial charge in [0, 0.05) is 5.92 Å². The van der Waals surface area contributed by atoms with E-state index in [0.717, 1.165) is 19.3 Å². The Labute approximate surface area is 75.8 Å². The Bertz CT molecular complexity index is 156. The molecule has 0 aliphatic heterocycles. The monoisotopic (exact) mass is 168 g/mol. The highest BCUT2D eigenvalue weighted by atomic mass is 16.3. The van der Waals surface area contributed by atoms with E-state index in [1.54, 1.807) is 6.08 Å². The quantitative estimate of drug-likeness (QED) is 0.664. The zero-order chi connectivity index (χ0) is 9.40. The van der Waals surface area contributed by atoms with Crippen LogP contribution in [0.2, 0.25) is 0 Å². The van der Waals surface area contributed by atoms with Gasteiger partial charge in [-0.25, -0.2) is 0 Å². The fraction of sp³-hybridized carbons (Fsp3) is 0.636. The number of aliphatic hydroxyl groups excluding tert-OH is 1. The van der Waals surface area contributed by atoms with E-state index >= 15 is 0 Å². The van der Waals surface area contributed by atoms with Gasteiger partial charge in [0.1, 0.15) is 0 Å². The lowest BCUT2D eigenvalue weighted by Gasteiger charge is -2.15. The summed E-state index contributed by atoms with van der Waals surface area (Å²) in [5, 5.41) is 9.31. The molecule has 1 rings (SSSR count). The van der Waals surface area contributed by atoms with Gasteiger partial charge in [0.25, 0.3) is 0 Å². The molecule has 0 spiro atoms. The Hall–Kier alpha value is -0.720. The van der Waals surface area contributed by atoms with Gasteiger partial charge in [-0.2, -0.15) is 0 Å². The summed E-state index contributed by atoms with van der Waals surface area (Å²) in [5.74, 6) is 0.958. The van der Waals surface area contributed by atoms with Crippen LogP contribution in [0.5, 0.6) is 0 Å². The van der Waals surface area contributed by atoms with E-state index in [9.17, 15) is 5.11 Å². The molecule has 0 unspecified atom stereocenters. The first-order chi connectivity index (χ1) is 5.84. The van der Waals surface area contributed by atoms with Crippen LogP contribution in [0.3, 0.4) is 0 Å². The Morgan fingerprint density at radius 1 is 1.50 bits per heavy atom. The molecule has 0 saturated heterocycles. The molecule has 1 atom stereocenters. The minimum Gasteiger partial charge on any atom is -0.512 e. The molecule has 0 amide bonds. The van der Waals surface area contributed by atoms with Crippen LogP contribution in [0.25, 0.3) is 0 Å². The fourth-order valence-corrected chi connectivity index (χ4v) is 1.28. The van der Waals surface area contributed by atoms with Crippen molar-refractivity contribution < 1.29 is 5.11 Å². The van der Waals surface area contributed by atoms with Crippen LogP contribution in [0.15, 0.2) is 24.0 Å². The third-order valence-electron chi connectivity index (χ3n) is 1.88. The van der Waals surface area contributed by atoms with E-state index in [0.29, 0.717) is 11.7 Å². The molecular formula is C11H20O. The first-order valence-corrected chi connectivity index (χ1v) is 4.90. The average molecular weight is 168 g/mol. The highest BCUT2D eigenvalue weighted by molar-refractivity contribution is 5.15. The zero-order valence-electron chi connectivity index (χ0n) is 8.38. The maximum atomic E-state index is 9.31. The highest BCUT2D eigenvalue weighted by Gasteiger charge is 2.11. The van der Waals surface area contributed by atoms with Gasteiger partial charge in [0.15, 0.2) is 0 Å². The van der Waals surface area contributed by atoms with Crippen LogP contribution in [-0.4, -0.2) is 5.11 Å². The maximum Gasteiger partial charge on any atom is 0.0956 e. The molecule has 0 aromatic heterocycles. The van der Waals surface area contributed by atoms with Crippen molar-refractivity contribution in [1.29, 1.82) is 0 Å². The molecule has 0 bridgehead atoms. The minimum atomic E-state index is 0.398. The van der Waals surface area contributed by atoms with Gasteiger partial charge < -0.3 is 5.11 Å². The van der Waals surface area contributed by atoms with Gasteiger partial charge in [-0.05, 0) is 18.9 Å². The number of hydrogen-bond donors (Lipinski definition) is 1. The predicted molar refractivity (Wildman–Crippen MR) is 54.2 cm³/mol. The molecule has 0 heterocycles. The normalized spacial score (nSPS) is 20.9. The second-order valence-corrected chi connectivity index (χ2v) is 2.74. The summed E-state index contributed by atoms with van der Waals surface area (Å²) in [4.78, 5) is 0. The van der Waals surface area contributed by atoms with E-state index in [1.807, 2.05) is 19.9 Å². The van der Waals surface area contributed by atoms with Crippen molar-refractivity contribution in [2.24, 2.45) is 5.92 Å². The Morgan fingerprint density at radius 3 is 2.67 bits per heavy atom. The summed E-state index contributed by atoms with van der Waals surface area (Å²) in [6, 6.07) is 0. The SMILES string of the molecule is CC.CCC[C@@H]1CC=CC=C1O. The third kappa shape index (κ3) is 3.61. The van der Waals surface area contributed by atoms with Crippen molar-refractivity contribution >= 4 is 0 Å². The summed E-state index contributed by atoms with van der Waals surface area (Å²) in [6.45, 7) is 6.14. The summed E-state index contributed by atoms with van der Waals surface area (Å²) >= 11 is 0. The van der Waals surface area contributed by atoms with E-state index in [1.165, 1.54) is 0 Å². The number of rotatable bonds is 2. The molecule has 0 aromatic carbocycles. The van der Waals surface area contributed by atoms with Crippen LogP contribution in [0, 0.1) is 5.92 Å². The molecule has 1 nitrogen and oxygen atoms in total. The summed E-state index contributed by atoms with van der Waals surface area (Å²) in [5.41, 5.74) is 0. The topological polar surface area (TPSA) is 20.2 Å². The van der Waals surface area contributed by atoms with Crippen LogP contribution in [0.1, 0.15) is 40.0 Å². The zero-order valence-corrected chi connectivity index (χ0v) is 8.38. The molecule has 12 heavy (non-hydrogen) atoms. The molecule has 0 saturated carbocycles. The molecule has 0 aromatic rings. The summed E-state index contributed by atoms with van der Waals surface area (Å²) < 4.78 is 0. The maximum absolute atomic E-state index is 9.31. The van der Waals surface area contributed by atoms with Crippen molar-refractivity contribution in [1.82, 2.24) is 0 Å². The van der Waals surface area contributed by atoms with E-state index in [4.69, 9.17) is 0 Å². The van der Waals surface area contributed by atoms with Crippen molar-refractivity contribution in [2.45, 2.75) is 40.0 Å². The van der Waals surface area contributed by atoms with Gasteiger partial charge in [0.05, 0.1) is 5.76 Å². The molecule has 1 aliphatic rings. The second kappa shape index (κ2) is 6.96. The number of aliphatic hydroxyl groups is 1. The van der Waals surface area contributed by atoms with Crippen molar-refractivity contribution in [3.63, 3.8) is 0 Å². The van der Waals surface area contributed by atoms with E-state index in [2.05, 4.69) is 13.0 Å². The van der Waals surface area contributed by atoms with E-state index < -0.39 is 0 Å². The van der Waals surface area contributed by atoms with E-state index in [-0.39, 0.29) is 0 Å². The first-order valence-electron chi connectivity index (χ1n) is 4.90. The van der Waals surface area contributed by atoms with Gasteiger partial charge in [-0.3, -0.25) is 0 Å². The molecule has 0 fully saturated rings. The van der Waals surface area contributed by atoms with Crippen LogP contribution in [0.4, 0.5) is 0 Å². The largest absolute Gasteiger partial charge is 0.512 e. The lowest BCUT2D eigenvalue weighted by Crippen LogP contribution is -2.04. The Morgan fingerprint density at radius 2 is 2.17 bits per heavy atom.